The van der Waals surface area contributed by atoms with E-state index in [1.807, 2.05) is 38.1 Å². The van der Waals surface area contributed by atoms with Gasteiger partial charge in [0.05, 0.1) is 0 Å². The Morgan fingerprint density at radius 2 is 1.77 bits per heavy atom. The van der Waals surface area contributed by atoms with Crippen molar-refractivity contribution in [3.8, 4) is 5.75 Å². The lowest BCUT2D eigenvalue weighted by Gasteiger charge is -2.30. The summed E-state index contributed by atoms with van der Waals surface area (Å²) in [7, 11) is 0. The van der Waals surface area contributed by atoms with Crippen molar-refractivity contribution in [3.05, 3.63) is 63.6 Å². The lowest BCUT2D eigenvalue weighted by molar-refractivity contribution is -0.142. The average Bonchev–Trinajstić information content (AvgIpc) is 2.74. The van der Waals surface area contributed by atoms with Gasteiger partial charge in [0.25, 0.3) is 5.91 Å². The average molecular weight is 451 g/mol. The number of rotatable bonds is 10. The van der Waals surface area contributed by atoms with Gasteiger partial charge in [-0.25, -0.2) is 0 Å². The predicted octanol–water partition coefficient (Wildman–Crippen LogP) is 4.88. The molecule has 2 amide bonds. The van der Waals surface area contributed by atoms with Gasteiger partial charge in [-0.2, -0.15) is 0 Å². The largest absolute Gasteiger partial charge is 0.484 e. The van der Waals surface area contributed by atoms with Crippen molar-refractivity contribution in [2.75, 3.05) is 13.2 Å². The van der Waals surface area contributed by atoms with Crippen LogP contribution >= 0.6 is 23.2 Å². The van der Waals surface area contributed by atoms with Crippen molar-refractivity contribution >= 4 is 35.0 Å². The fourth-order valence-electron chi connectivity index (χ4n) is 3.09. The van der Waals surface area contributed by atoms with Crippen molar-refractivity contribution in [3.63, 3.8) is 0 Å². The first-order valence-electron chi connectivity index (χ1n) is 10.1. The van der Waals surface area contributed by atoms with E-state index in [-0.39, 0.29) is 25.0 Å². The van der Waals surface area contributed by atoms with Crippen molar-refractivity contribution in [1.29, 1.82) is 0 Å². The quantitative estimate of drug-likeness (QED) is 0.560. The molecule has 0 radical (unpaired) electrons. The molecule has 0 saturated heterocycles. The maximum atomic E-state index is 13.1. The molecule has 0 saturated carbocycles. The highest BCUT2D eigenvalue weighted by molar-refractivity contribution is 6.35. The van der Waals surface area contributed by atoms with E-state index in [0.717, 1.165) is 6.42 Å². The standard InChI is InChI=1S/C23H28Cl2N2O3/c1-4-16-7-11-19(12-8-16)30-15-22(28)27(21(5-2)23(29)26-6-3)14-17-9-10-18(24)13-20(17)25/h7-13,21H,4-6,14-15H2,1-3H3,(H,26,29). The highest BCUT2D eigenvalue weighted by Gasteiger charge is 2.29. The zero-order valence-corrected chi connectivity index (χ0v) is 19.1. The first-order valence-corrected chi connectivity index (χ1v) is 10.9. The van der Waals surface area contributed by atoms with Crippen molar-refractivity contribution in [1.82, 2.24) is 10.2 Å². The van der Waals surface area contributed by atoms with Gasteiger partial charge >= 0.3 is 0 Å². The molecule has 0 spiro atoms. The van der Waals surface area contributed by atoms with Crippen molar-refractivity contribution in [2.24, 2.45) is 0 Å². The van der Waals surface area contributed by atoms with E-state index >= 15 is 0 Å². The molecule has 0 aliphatic carbocycles. The molecule has 0 heterocycles. The van der Waals surface area contributed by atoms with E-state index in [1.165, 1.54) is 10.5 Å². The van der Waals surface area contributed by atoms with Crippen LogP contribution in [-0.4, -0.2) is 35.9 Å². The Morgan fingerprint density at radius 3 is 2.33 bits per heavy atom. The normalized spacial score (nSPS) is 11.6. The number of hydrogen-bond acceptors (Lipinski definition) is 3. The Bertz CT molecular complexity index is 856. The van der Waals surface area contributed by atoms with Crippen molar-refractivity contribution in [2.45, 2.75) is 46.2 Å². The van der Waals surface area contributed by atoms with E-state index in [4.69, 9.17) is 27.9 Å². The van der Waals surface area contributed by atoms with Gasteiger partial charge in [-0.05, 0) is 55.2 Å². The Morgan fingerprint density at radius 1 is 1.07 bits per heavy atom. The summed E-state index contributed by atoms with van der Waals surface area (Å²) in [5.74, 6) is 0.112. The number of nitrogens with zero attached hydrogens (tertiary/aromatic N) is 1. The van der Waals surface area contributed by atoms with Crippen LogP contribution in [0.5, 0.6) is 5.75 Å². The van der Waals surface area contributed by atoms with Crippen LogP contribution in [0.15, 0.2) is 42.5 Å². The Kier molecular flexibility index (Phi) is 9.47. The van der Waals surface area contributed by atoms with Crippen LogP contribution in [0.1, 0.15) is 38.3 Å². The summed E-state index contributed by atoms with van der Waals surface area (Å²) in [4.78, 5) is 27.2. The number of aryl methyl sites for hydroxylation is 1. The number of halogens is 2. The van der Waals surface area contributed by atoms with Gasteiger partial charge in [-0.1, -0.05) is 55.2 Å². The first-order chi connectivity index (χ1) is 14.4. The van der Waals surface area contributed by atoms with Gasteiger partial charge in [0, 0.05) is 23.1 Å². The molecule has 2 aromatic rings. The molecular formula is C23H28Cl2N2O3. The monoisotopic (exact) mass is 450 g/mol. The van der Waals surface area contributed by atoms with Crippen LogP contribution in [-0.2, 0) is 22.6 Å². The van der Waals surface area contributed by atoms with Gasteiger partial charge in [0.15, 0.2) is 6.61 Å². The van der Waals surface area contributed by atoms with Gasteiger partial charge in [-0.3, -0.25) is 9.59 Å². The van der Waals surface area contributed by atoms with Crippen LogP contribution in [0.4, 0.5) is 0 Å². The predicted molar refractivity (Wildman–Crippen MR) is 121 cm³/mol. The molecule has 2 rings (SSSR count). The number of ether oxygens (including phenoxy) is 1. The molecule has 0 bridgehead atoms. The topological polar surface area (TPSA) is 58.6 Å². The number of carbonyl (C=O) groups is 2. The SMILES string of the molecule is CCNC(=O)C(CC)N(Cc1ccc(Cl)cc1Cl)C(=O)COc1ccc(CC)cc1. The Hall–Kier alpha value is -2.24. The first kappa shape index (κ1) is 24.0. The Labute approximate surface area is 188 Å². The number of hydrogen-bond donors (Lipinski definition) is 1. The third kappa shape index (κ3) is 6.64. The molecule has 1 unspecified atom stereocenters. The maximum absolute atomic E-state index is 13.1. The summed E-state index contributed by atoms with van der Waals surface area (Å²) in [6.45, 7) is 6.28. The third-order valence-corrected chi connectivity index (χ3v) is 5.37. The van der Waals surface area contributed by atoms with Crippen LogP contribution in [0.3, 0.4) is 0 Å². The van der Waals surface area contributed by atoms with E-state index in [0.29, 0.717) is 34.3 Å². The second kappa shape index (κ2) is 11.8. The minimum atomic E-state index is -0.629. The van der Waals surface area contributed by atoms with E-state index in [2.05, 4.69) is 12.2 Å². The fourth-order valence-corrected chi connectivity index (χ4v) is 3.56. The number of amides is 2. The zero-order chi connectivity index (χ0) is 22.1. The number of likely N-dealkylation sites (N-methyl/N-ethyl adjacent to an activating group) is 1. The lowest BCUT2D eigenvalue weighted by atomic mass is 10.1. The summed E-state index contributed by atoms with van der Waals surface area (Å²) in [6.07, 6.45) is 1.40. The number of carbonyl (C=O) groups excluding carboxylic acids is 2. The summed E-state index contributed by atoms with van der Waals surface area (Å²) in [6, 6.07) is 12.1. The fraction of sp³-hybridized carbons (Fsp3) is 0.391. The third-order valence-electron chi connectivity index (χ3n) is 4.79. The molecular weight excluding hydrogens is 423 g/mol. The van der Waals surface area contributed by atoms with E-state index < -0.39 is 6.04 Å². The minimum Gasteiger partial charge on any atom is -0.484 e. The van der Waals surface area contributed by atoms with Gasteiger partial charge in [0.2, 0.25) is 5.91 Å². The number of benzene rings is 2. The van der Waals surface area contributed by atoms with E-state index in [9.17, 15) is 9.59 Å². The lowest BCUT2D eigenvalue weighted by Crippen LogP contribution is -2.50. The molecule has 0 aromatic heterocycles. The molecule has 0 aliphatic rings. The molecule has 162 valence electrons. The van der Waals surface area contributed by atoms with Gasteiger partial charge in [0.1, 0.15) is 11.8 Å². The summed E-state index contributed by atoms with van der Waals surface area (Å²) < 4.78 is 5.69. The number of nitrogens with one attached hydrogen (secondary N) is 1. The molecule has 30 heavy (non-hydrogen) atoms. The van der Waals surface area contributed by atoms with Crippen LogP contribution in [0.25, 0.3) is 0 Å². The molecule has 5 nitrogen and oxygen atoms in total. The van der Waals surface area contributed by atoms with E-state index in [1.54, 1.807) is 18.2 Å². The van der Waals surface area contributed by atoms with Crippen LogP contribution < -0.4 is 10.1 Å². The molecule has 2 aromatic carbocycles. The highest BCUT2D eigenvalue weighted by atomic mass is 35.5. The second-order valence-corrected chi connectivity index (χ2v) is 7.71. The van der Waals surface area contributed by atoms with Gasteiger partial charge < -0.3 is 15.0 Å². The molecule has 0 aliphatic heterocycles. The van der Waals surface area contributed by atoms with Crippen LogP contribution in [0.2, 0.25) is 10.0 Å². The highest BCUT2D eigenvalue weighted by Crippen LogP contribution is 2.24. The van der Waals surface area contributed by atoms with Crippen LogP contribution in [0, 0.1) is 0 Å². The summed E-state index contributed by atoms with van der Waals surface area (Å²) in [5, 5.41) is 3.76. The molecule has 0 fully saturated rings. The molecule has 7 heteroatoms. The Balaban J connectivity index is 2.21. The maximum Gasteiger partial charge on any atom is 0.261 e. The summed E-state index contributed by atoms with van der Waals surface area (Å²) >= 11 is 12.3. The second-order valence-electron chi connectivity index (χ2n) is 6.86. The summed E-state index contributed by atoms with van der Waals surface area (Å²) in [5.41, 5.74) is 1.90. The minimum absolute atomic E-state index is 0.174. The smallest absolute Gasteiger partial charge is 0.261 e. The zero-order valence-electron chi connectivity index (χ0n) is 17.6. The van der Waals surface area contributed by atoms with Gasteiger partial charge in [-0.15, -0.1) is 0 Å². The molecule has 1 atom stereocenters. The molecule has 1 N–H and O–H groups in total. The van der Waals surface area contributed by atoms with Crippen molar-refractivity contribution < 1.29 is 14.3 Å².